The maximum atomic E-state index is 13.2. The summed E-state index contributed by atoms with van der Waals surface area (Å²) in [5.41, 5.74) is 0. The van der Waals surface area contributed by atoms with Gasteiger partial charge in [-0.2, -0.15) is 0 Å². The number of carbonyl (C=O) groups excluding carboxylic acids is 1. The zero-order valence-corrected chi connectivity index (χ0v) is 59.0. The Balaban J connectivity index is 2.05. The Kier molecular flexibility index (Phi) is 66.4. The minimum absolute atomic E-state index is 0.165. The Morgan fingerprint density at radius 2 is 0.625 bits per heavy atom. The van der Waals surface area contributed by atoms with Crippen molar-refractivity contribution < 1.29 is 39.8 Å². The zero-order valence-electron chi connectivity index (χ0n) is 59.0. The van der Waals surface area contributed by atoms with E-state index in [0.717, 1.165) is 38.5 Å². The molecule has 1 heterocycles. The molecule has 524 valence electrons. The molecule has 0 aromatic rings. The number of ether oxygens (including phenoxy) is 2. The lowest BCUT2D eigenvalue weighted by Gasteiger charge is -2.40. The van der Waals surface area contributed by atoms with Gasteiger partial charge in [0.05, 0.1) is 25.4 Å². The van der Waals surface area contributed by atoms with Crippen LogP contribution in [0.5, 0.6) is 0 Å². The lowest BCUT2D eigenvalue weighted by atomic mass is 9.99. The SMILES string of the molecule is CCCCCCCCCCCCCCCCCCCCCCCCCCCCC/C=C/C(O)C(COC1OC(CO)C(O)C(O)C1O)NC(=O)CCCCCCCCCCCCCCCCCCCCCCCCCCCCCCCCCCCCCC. The van der Waals surface area contributed by atoms with Gasteiger partial charge in [0, 0.05) is 6.42 Å². The molecule has 1 rings (SSSR count). The highest BCUT2D eigenvalue weighted by Crippen LogP contribution is 2.24. The van der Waals surface area contributed by atoms with Crippen LogP contribution in [0.4, 0.5) is 0 Å². The molecule has 0 aromatic heterocycles. The van der Waals surface area contributed by atoms with Crippen LogP contribution in [0, 0.1) is 0 Å². The highest BCUT2D eigenvalue weighted by atomic mass is 16.7. The number of amides is 1. The van der Waals surface area contributed by atoms with E-state index in [2.05, 4.69) is 19.2 Å². The summed E-state index contributed by atoms with van der Waals surface area (Å²) >= 11 is 0. The van der Waals surface area contributed by atoms with Crippen LogP contribution in [0.3, 0.4) is 0 Å². The summed E-state index contributed by atoms with van der Waals surface area (Å²) < 4.78 is 11.4. The van der Waals surface area contributed by atoms with E-state index in [0.29, 0.717) is 6.42 Å². The summed E-state index contributed by atoms with van der Waals surface area (Å²) in [4.78, 5) is 13.2. The number of unbranched alkanes of at least 4 members (excludes halogenated alkanes) is 62. The minimum atomic E-state index is -1.57. The molecule has 0 bridgehead atoms. The first kappa shape index (κ1) is 84.9. The Bertz CT molecular complexity index is 1400. The van der Waals surface area contributed by atoms with Crippen molar-refractivity contribution in [2.24, 2.45) is 0 Å². The molecule has 0 aliphatic carbocycles. The number of aliphatic hydroxyl groups is 5. The predicted octanol–water partition coefficient (Wildman–Crippen LogP) is 22.6. The first-order valence-electron chi connectivity index (χ1n) is 39.9. The van der Waals surface area contributed by atoms with Crippen molar-refractivity contribution in [2.45, 2.75) is 474 Å². The van der Waals surface area contributed by atoms with E-state index >= 15 is 0 Å². The molecule has 0 radical (unpaired) electrons. The summed E-state index contributed by atoms with van der Waals surface area (Å²) in [6.45, 7) is 3.86. The second-order valence-corrected chi connectivity index (χ2v) is 28.2. The quantitative estimate of drug-likeness (QED) is 0.0261. The van der Waals surface area contributed by atoms with Crippen molar-refractivity contribution in [3.8, 4) is 0 Å². The molecule has 1 amide bonds. The molecule has 88 heavy (non-hydrogen) atoms. The molecule has 7 atom stereocenters. The largest absolute Gasteiger partial charge is 0.394 e. The number of rotatable bonds is 72. The molecule has 0 saturated carbocycles. The molecule has 0 spiro atoms. The van der Waals surface area contributed by atoms with Gasteiger partial charge in [0.1, 0.15) is 24.4 Å². The molecule has 1 aliphatic heterocycles. The van der Waals surface area contributed by atoms with Crippen LogP contribution in [0.15, 0.2) is 12.2 Å². The number of aliphatic hydroxyl groups excluding tert-OH is 5. The third kappa shape index (κ3) is 56.5. The van der Waals surface area contributed by atoms with E-state index in [4.69, 9.17) is 9.47 Å². The second kappa shape index (κ2) is 68.8. The van der Waals surface area contributed by atoms with E-state index in [1.807, 2.05) is 6.08 Å². The molecule has 1 aliphatic rings. The van der Waals surface area contributed by atoms with Crippen molar-refractivity contribution in [3.63, 3.8) is 0 Å². The van der Waals surface area contributed by atoms with Crippen molar-refractivity contribution in [3.05, 3.63) is 12.2 Å². The summed E-state index contributed by atoms with van der Waals surface area (Å²) in [5, 5.41) is 54.9. The van der Waals surface area contributed by atoms with Gasteiger partial charge in [-0.1, -0.05) is 418 Å². The Labute approximate surface area is 547 Å². The van der Waals surface area contributed by atoms with Gasteiger partial charge < -0.3 is 40.3 Å². The Hall–Kier alpha value is -1.07. The van der Waals surface area contributed by atoms with Crippen molar-refractivity contribution >= 4 is 5.91 Å². The van der Waals surface area contributed by atoms with Gasteiger partial charge in [0.25, 0.3) is 0 Å². The lowest BCUT2D eigenvalue weighted by Crippen LogP contribution is -2.60. The van der Waals surface area contributed by atoms with Crippen molar-refractivity contribution in [1.82, 2.24) is 5.32 Å². The number of allylic oxidation sites excluding steroid dienone is 1. The summed E-state index contributed by atoms with van der Waals surface area (Å²) in [6, 6.07) is -0.803. The van der Waals surface area contributed by atoms with Crippen LogP contribution >= 0.6 is 0 Å². The first-order chi connectivity index (χ1) is 43.3. The summed E-state index contributed by atoms with van der Waals surface area (Å²) in [7, 11) is 0. The predicted molar refractivity (Wildman–Crippen MR) is 378 cm³/mol. The van der Waals surface area contributed by atoms with E-state index in [9.17, 15) is 30.3 Å². The average Bonchev–Trinajstić information content (AvgIpc) is 3.65. The smallest absolute Gasteiger partial charge is 0.220 e. The molecule has 9 nitrogen and oxygen atoms in total. The van der Waals surface area contributed by atoms with Gasteiger partial charge in [0.15, 0.2) is 6.29 Å². The number of carbonyl (C=O) groups is 1. The normalized spacial score (nSPS) is 17.8. The third-order valence-corrected chi connectivity index (χ3v) is 19.6. The van der Waals surface area contributed by atoms with Crippen LogP contribution in [0.2, 0.25) is 0 Å². The Morgan fingerprint density at radius 3 is 0.886 bits per heavy atom. The molecular formula is C79H155NO8. The molecular weight excluding hydrogens is 1090 g/mol. The van der Waals surface area contributed by atoms with Crippen molar-refractivity contribution in [2.75, 3.05) is 13.2 Å². The van der Waals surface area contributed by atoms with E-state index in [1.165, 1.54) is 372 Å². The van der Waals surface area contributed by atoms with Crippen LogP contribution in [0.1, 0.15) is 431 Å². The van der Waals surface area contributed by atoms with Crippen LogP contribution in [-0.2, 0) is 14.3 Å². The highest BCUT2D eigenvalue weighted by Gasteiger charge is 2.44. The van der Waals surface area contributed by atoms with Gasteiger partial charge in [0.2, 0.25) is 5.91 Å². The van der Waals surface area contributed by atoms with E-state index < -0.39 is 49.5 Å². The monoisotopic (exact) mass is 1250 g/mol. The highest BCUT2D eigenvalue weighted by molar-refractivity contribution is 5.76. The standard InChI is InChI=1S/C79H155NO8/c1-3-5-7-9-11-13-15-17-19-21-23-25-27-29-31-33-34-35-36-37-38-39-41-43-45-47-49-51-53-55-57-59-61-63-65-67-69-75(83)80-72(71-87-79-78(86)77(85)76(84)74(70-81)88-79)73(82)68-66-64-62-60-58-56-54-52-50-48-46-44-42-40-32-30-28-26-24-22-20-18-16-14-12-10-8-6-4-2/h66,68,72-74,76-79,81-82,84-86H,3-65,67,69-71H2,1-2H3,(H,80,83)/b68-66+. The van der Waals surface area contributed by atoms with Gasteiger partial charge in [-0.25, -0.2) is 0 Å². The third-order valence-electron chi connectivity index (χ3n) is 19.6. The van der Waals surface area contributed by atoms with Crippen LogP contribution in [0.25, 0.3) is 0 Å². The molecule has 1 saturated heterocycles. The lowest BCUT2D eigenvalue weighted by molar-refractivity contribution is -0.302. The molecule has 1 fully saturated rings. The maximum absolute atomic E-state index is 13.2. The molecule has 0 aromatic carbocycles. The number of nitrogens with one attached hydrogen (secondary N) is 1. The average molecular weight is 1250 g/mol. The van der Waals surface area contributed by atoms with Gasteiger partial charge in [-0.05, 0) is 19.3 Å². The number of hydrogen-bond donors (Lipinski definition) is 6. The number of hydrogen-bond acceptors (Lipinski definition) is 8. The second-order valence-electron chi connectivity index (χ2n) is 28.2. The molecule has 9 heteroatoms. The fraction of sp³-hybridized carbons (Fsp3) is 0.962. The van der Waals surface area contributed by atoms with Gasteiger partial charge in [-0.15, -0.1) is 0 Å². The van der Waals surface area contributed by atoms with Crippen molar-refractivity contribution in [1.29, 1.82) is 0 Å². The molecule has 6 N–H and O–H groups in total. The maximum Gasteiger partial charge on any atom is 0.220 e. The van der Waals surface area contributed by atoms with Crippen LogP contribution < -0.4 is 5.32 Å². The van der Waals surface area contributed by atoms with Gasteiger partial charge in [-0.3, -0.25) is 4.79 Å². The summed E-state index contributed by atoms with van der Waals surface area (Å²) in [5.74, 6) is -0.165. The summed E-state index contributed by atoms with van der Waals surface area (Å²) in [6.07, 6.45) is 83.7. The van der Waals surface area contributed by atoms with E-state index in [-0.39, 0.29) is 12.5 Å². The van der Waals surface area contributed by atoms with Gasteiger partial charge >= 0.3 is 0 Å². The fourth-order valence-electron chi connectivity index (χ4n) is 13.4. The minimum Gasteiger partial charge on any atom is -0.394 e. The van der Waals surface area contributed by atoms with Crippen LogP contribution in [-0.4, -0.2) is 87.5 Å². The zero-order chi connectivity index (χ0) is 63.5. The fourth-order valence-corrected chi connectivity index (χ4v) is 13.4. The first-order valence-corrected chi connectivity index (χ1v) is 39.9. The topological polar surface area (TPSA) is 149 Å². The van der Waals surface area contributed by atoms with E-state index in [1.54, 1.807) is 6.08 Å². The Morgan fingerprint density at radius 1 is 0.375 bits per heavy atom. The molecule has 7 unspecified atom stereocenters.